The Bertz CT molecular complexity index is 439. The van der Waals surface area contributed by atoms with E-state index in [1.807, 2.05) is 11.0 Å². The van der Waals surface area contributed by atoms with Crippen LogP contribution in [0.1, 0.15) is 18.0 Å². The van der Waals surface area contributed by atoms with Gasteiger partial charge in [0.05, 0.1) is 18.5 Å². The lowest BCUT2D eigenvalue weighted by Crippen LogP contribution is -2.45. The van der Waals surface area contributed by atoms with Crippen LogP contribution in [0.25, 0.3) is 0 Å². The van der Waals surface area contributed by atoms with Crippen LogP contribution >= 0.6 is 24.8 Å². The van der Waals surface area contributed by atoms with Gasteiger partial charge in [0.2, 0.25) is 0 Å². The second kappa shape index (κ2) is 9.09. The van der Waals surface area contributed by atoms with Crippen LogP contribution in [0.15, 0.2) is 18.2 Å². The van der Waals surface area contributed by atoms with Gasteiger partial charge in [0.15, 0.2) is 0 Å². The first-order valence-corrected chi connectivity index (χ1v) is 5.99. The van der Waals surface area contributed by atoms with Gasteiger partial charge < -0.3 is 5.32 Å². The molecule has 0 bridgehead atoms. The summed E-state index contributed by atoms with van der Waals surface area (Å²) >= 11 is 0. The number of benzene rings is 1. The highest BCUT2D eigenvalue weighted by atomic mass is 35.5. The number of nitrogens with zero attached hydrogens (tertiary/aromatic N) is 2. The molecule has 0 aliphatic carbocycles. The largest absolute Gasteiger partial charge is 0.314 e. The zero-order chi connectivity index (χ0) is 13.0. The molecule has 1 N–H and O–H groups in total. The summed E-state index contributed by atoms with van der Waals surface area (Å²) in [6.45, 7) is 2.94. The van der Waals surface area contributed by atoms with Crippen LogP contribution in [-0.4, -0.2) is 31.1 Å². The second-order valence-electron chi connectivity index (χ2n) is 4.30. The summed E-state index contributed by atoms with van der Waals surface area (Å²) < 4.78 is 27.6. The molecule has 1 saturated heterocycles. The molecular weight excluding hydrogens is 307 g/mol. The molecule has 2 rings (SSSR count). The predicted molar refractivity (Wildman–Crippen MR) is 78.3 cm³/mol. The summed E-state index contributed by atoms with van der Waals surface area (Å²) in [7, 11) is 0. The van der Waals surface area contributed by atoms with E-state index in [1.54, 1.807) is 0 Å². The van der Waals surface area contributed by atoms with Crippen molar-refractivity contribution in [3.63, 3.8) is 0 Å². The topological polar surface area (TPSA) is 39.1 Å². The lowest BCUT2D eigenvalue weighted by molar-refractivity contribution is 0.169. The normalized spacial score (nSPS) is 16.4. The van der Waals surface area contributed by atoms with Crippen LogP contribution < -0.4 is 5.32 Å². The lowest BCUT2D eigenvalue weighted by Gasteiger charge is -2.34. The minimum Gasteiger partial charge on any atom is -0.314 e. The van der Waals surface area contributed by atoms with Crippen LogP contribution in [0.5, 0.6) is 0 Å². The molecular formula is C13H17Cl2F2N3. The van der Waals surface area contributed by atoms with Gasteiger partial charge in [0, 0.05) is 31.7 Å². The average Bonchev–Trinajstić information content (AvgIpc) is 2.38. The van der Waals surface area contributed by atoms with E-state index in [1.165, 1.54) is 18.2 Å². The van der Waals surface area contributed by atoms with Crippen LogP contribution in [-0.2, 0) is 0 Å². The first kappa shape index (κ1) is 19.1. The first-order valence-electron chi connectivity index (χ1n) is 5.99. The fourth-order valence-electron chi connectivity index (χ4n) is 2.32. The third-order valence-corrected chi connectivity index (χ3v) is 3.21. The van der Waals surface area contributed by atoms with Gasteiger partial charge in [0.1, 0.15) is 11.6 Å². The van der Waals surface area contributed by atoms with Gasteiger partial charge in [-0.05, 0) is 12.1 Å². The molecule has 0 unspecified atom stereocenters. The molecule has 1 aliphatic rings. The maximum atomic E-state index is 13.8. The molecule has 0 spiro atoms. The molecule has 0 saturated carbocycles. The van der Waals surface area contributed by atoms with E-state index in [9.17, 15) is 8.78 Å². The number of hydrogen-bond donors (Lipinski definition) is 1. The number of rotatable bonds is 3. The molecule has 112 valence electrons. The zero-order valence-electron chi connectivity index (χ0n) is 10.8. The number of nitriles is 1. The second-order valence-corrected chi connectivity index (χ2v) is 4.30. The smallest absolute Gasteiger partial charge is 0.130 e. The van der Waals surface area contributed by atoms with E-state index in [-0.39, 0.29) is 36.8 Å². The van der Waals surface area contributed by atoms with Gasteiger partial charge in [-0.25, -0.2) is 8.78 Å². The standard InChI is InChI=1S/C13H15F2N3.2ClH/c14-10-2-1-3-11(15)13(10)12(4-5-16)18-8-6-17-7-9-18;;/h1-3,12,17H,4,6-9H2;2*1H/t12-;;/m0../s1. The van der Waals surface area contributed by atoms with E-state index >= 15 is 0 Å². The summed E-state index contributed by atoms with van der Waals surface area (Å²) in [4.78, 5) is 1.96. The minimum absolute atomic E-state index is 0. The Hall–Kier alpha value is -0.930. The molecule has 1 aliphatic heterocycles. The molecule has 1 fully saturated rings. The minimum atomic E-state index is -0.575. The molecule has 20 heavy (non-hydrogen) atoms. The predicted octanol–water partition coefficient (Wildman–Crippen LogP) is 2.67. The Morgan fingerprint density at radius 1 is 1.20 bits per heavy atom. The molecule has 1 heterocycles. The number of nitrogens with one attached hydrogen (secondary N) is 1. The van der Waals surface area contributed by atoms with Crippen molar-refractivity contribution >= 4 is 24.8 Å². The summed E-state index contributed by atoms with van der Waals surface area (Å²) in [5.41, 5.74) is 0.0148. The number of hydrogen-bond acceptors (Lipinski definition) is 3. The maximum Gasteiger partial charge on any atom is 0.130 e. The van der Waals surface area contributed by atoms with Gasteiger partial charge >= 0.3 is 0 Å². The van der Waals surface area contributed by atoms with Crippen molar-refractivity contribution in [2.75, 3.05) is 26.2 Å². The molecule has 3 nitrogen and oxygen atoms in total. The number of piperazine rings is 1. The Labute approximate surface area is 129 Å². The Morgan fingerprint density at radius 2 is 1.75 bits per heavy atom. The van der Waals surface area contributed by atoms with E-state index in [0.717, 1.165) is 13.1 Å². The van der Waals surface area contributed by atoms with E-state index in [2.05, 4.69) is 5.32 Å². The average molecular weight is 324 g/mol. The number of halogens is 4. The third-order valence-electron chi connectivity index (χ3n) is 3.21. The summed E-state index contributed by atoms with van der Waals surface area (Å²) in [6, 6.07) is 5.35. The highest BCUT2D eigenvalue weighted by Crippen LogP contribution is 2.28. The molecule has 1 atom stereocenters. The monoisotopic (exact) mass is 323 g/mol. The van der Waals surface area contributed by atoms with Crippen molar-refractivity contribution in [3.8, 4) is 6.07 Å². The van der Waals surface area contributed by atoms with E-state index in [0.29, 0.717) is 13.1 Å². The van der Waals surface area contributed by atoms with Gasteiger partial charge in [-0.2, -0.15) is 5.26 Å². The first-order chi connectivity index (χ1) is 8.74. The summed E-state index contributed by atoms with van der Waals surface area (Å²) in [6.07, 6.45) is 0.0951. The van der Waals surface area contributed by atoms with Crippen molar-refractivity contribution in [1.82, 2.24) is 10.2 Å². The van der Waals surface area contributed by atoms with Crippen molar-refractivity contribution < 1.29 is 8.78 Å². The zero-order valence-corrected chi connectivity index (χ0v) is 12.4. The van der Waals surface area contributed by atoms with Crippen molar-refractivity contribution in [1.29, 1.82) is 5.26 Å². The van der Waals surface area contributed by atoms with Crippen LogP contribution in [0, 0.1) is 23.0 Å². The quantitative estimate of drug-likeness (QED) is 0.929. The van der Waals surface area contributed by atoms with E-state index < -0.39 is 17.7 Å². The van der Waals surface area contributed by atoms with Crippen molar-refractivity contribution in [2.45, 2.75) is 12.5 Å². The third kappa shape index (κ3) is 4.29. The molecule has 0 radical (unpaired) electrons. The van der Waals surface area contributed by atoms with Crippen LogP contribution in [0.4, 0.5) is 8.78 Å². The van der Waals surface area contributed by atoms with Gasteiger partial charge in [-0.1, -0.05) is 6.07 Å². The SMILES string of the molecule is Cl.Cl.N#CC[C@@H](c1c(F)cccc1F)N1CCNCC1. The van der Waals surface area contributed by atoms with Crippen LogP contribution in [0.3, 0.4) is 0 Å². The van der Waals surface area contributed by atoms with Gasteiger partial charge in [0.25, 0.3) is 0 Å². The fourth-order valence-corrected chi connectivity index (χ4v) is 2.32. The molecule has 1 aromatic carbocycles. The molecule has 1 aromatic rings. The Kier molecular flexibility index (Phi) is 8.67. The van der Waals surface area contributed by atoms with E-state index in [4.69, 9.17) is 5.26 Å². The Morgan fingerprint density at radius 3 is 2.25 bits per heavy atom. The summed E-state index contributed by atoms with van der Waals surface area (Å²) in [5, 5.41) is 12.1. The van der Waals surface area contributed by atoms with Gasteiger partial charge in [-0.15, -0.1) is 24.8 Å². The molecule has 7 heteroatoms. The van der Waals surface area contributed by atoms with Gasteiger partial charge in [-0.3, -0.25) is 4.90 Å². The van der Waals surface area contributed by atoms with Crippen molar-refractivity contribution in [3.05, 3.63) is 35.4 Å². The molecule has 0 amide bonds. The van der Waals surface area contributed by atoms with Crippen LogP contribution in [0.2, 0.25) is 0 Å². The Balaban J connectivity index is 0.00000180. The lowest BCUT2D eigenvalue weighted by atomic mass is 10.0. The highest BCUT2D eigenvalue weighted by molar-refractivity contribution is 5.85. The van der Waals surface area contributed by atoms with Crippen molar-refractivity contribution in [2.24, 2.45) is 0 Å². The fraction of sp³-hybridized carbons (Fsp3) is 0.462. The highest BCUT2D eigenvalue weighted by Gasteiger charge is 2.26. The maximum absolute atomic E-state index is 13.8. The summed E-state index contributed by atoms with van der Waals surface area (Å²) in [5.74, 6) is -1.15. The molecule has 0 aromatic heterocycles.